The Kier molecular flexibility index (Phi) is 4.79. The van der Waals surface area contributed by atoms with Gasteiger partial charge in [0.05, 0.1) is 12.1 Å². The minimum Gasteiger partial charge on any atom is -0.482 e. The second kappa shape index (κ2) is 7.17. The van der Waals surface area contributed by atoms with Crippen molar-refractivity contribution in [3.05, 3.63) is 54.1 Å². The van der Waals surface area contributed by atoms with Crippen LogP contribution in [0.1, 0.15) is 18.9 Å². The molecule has 5 nitrogen and oxygen atoms in total. The second-order valence-corrected chi connectivity index (χ2v) is 5.52. The van der Waals surface area contributed by atoms with Crippen LogP contribution >= 0.6 is 0 Å². The van der Waals surface area contributed by atoms with Gasteiger partial charge in [-0.25, -0.2) is 0 Å². The molecule has 2 aromatic carbocycles. The molecule has 1 aliphatic rings. The average molecular weight is 325 g/mol. The van der Waals surface area contributed by atoms with Crippen molar-refractivity contribution in [1.29, 1.82) is 0 Å². The van der Waals surface area contributed by atoms with Crippen molar-refractivity contribution in [2.45, 2.75) is 19.8 Å². The average Bonchev–Trinajstić information content (AvgIpc) is 2.61. The van der Waals surface area contributed by atoms with Crippen molar-refractivity contribution in [2.75, 3.05) is 18.1 Å². The number of hydrogen-bond donors (Lipinski definition) is 0. The summed E-state index contributed by atoms with van der Waals surface area (Å²) in [6.45, 7) is 2.33. The first-order valence-electron chi connectivity index (χ1n) is 7.99. The summed E-state index contributed by atoms with van der Waals surface area (Å²) < 4.78 is 10.7. The van der Waals surface area contributed by atoms with E-state index in [-0.39, 0.29) is 31.4 Å². The zero-order chi connectivity index (χ0) is 16.9. The van der Waals surface area contributed by atoms with Crippen LogP contribution in [0.2, 0.25) is 0 Å². The van der Waals surface area contributed by atoms with E-state index in [0.29, 0.717) is 17.2 Å². The van der Waals surface area contributed by atoms with Gasteiger partial charge >= 0.3 is 5.97 Å². The number of ether oxygens (including phenoxy) is 2. The van der Waals surface area contributed by atoms with Gasteiger partial charge in [0.25, 0.3) is 5.91 Å². The van der Waals surface area contributed by atoms with E-state index in [1.165, 1.54) is 5.56 Å². The van der Waals surface area contributed by atoms with Gasteiger partial charge in [-0.15, -0.1) is 0 Å². The Morgan fingerprint density at radius 1 is 1.17 bits per heavy atom. The van der Waals surface area contributed by atoms with Crippen molar-refractivity contribution < 1.29 is 19.1 Å². The molecule has 0 atom stereocenters. The molecule has 0 radical (unpaired) electrons. The molecule has 2 aromatic rings. The van der Waals surface area contributed by atoms with Crippen LogP contribution in [-0.4, -0.2) is 25.0 Å². The van der Waals surface area contributed by atoms with E-state index in [0.717, 1.165) is 6.42 Å². The van der Waals surface area contributed by atoms with Gasteiger partial charge in [-0.05, 0) is 36.2 Å². The van der Waals surface area contributed by atoms with Gasteiger partial charge in [-0.2, -0.15) is 0 Å². The summed E-state index contributed by atoms with van der Waals surface area (Å²) in [5, 5.41) is 0. The monoisotopic (exact) mass is 325 g/mol. The number of amides is 1. The van der Waals surface area contributed by atoms with Gasteiger partial charge in [-0.3, -0.25) is 9.59 Å². The normalized spacial score (nSPS) is 13.2. The summed E-state index contributed by atoms with van der Waals surface area (Å²) in [6, 6.07) is 14.7. The third-order valence-electron chi connectivity index (χ3n) is 3.91. The van der Waals surface area contributed by atoms with E-state index < -0.39 is 0 Å². The van der Waals surface area contributed by atoms with Crippen LogP contribution < -0.4 is 14.4 Å². The lowest BCUT2D eigenvalue weighted by atomic mass is 10.2. The number of anilines is 1. The van der Waals surface area contributed by atoms with Crippen LogP contribution in [0.25, 0.3) is 0 Å². The van der Waals surface area contributed by atoms with Crippen molar-refractivity contribution in [1.82, 2.24) is 0 Å². The third-order valence-corrected chi connectivity index (χ3v) is 3.91. The van der Waals surface area contributed by atoms with E-state index in [2.05, 4.69) is 6.92 Å². The summed E-state index contributed by atoms with van der Waals surface area (Å²) >= 11 is 0. The van der Waals surface area contributed by atoms with Gasteiger partial charge < -0.3 is 14.4 Å². The zero-order valence-electron chi connectivity index (χ0n) is 13.5. The Morgan fingerprint density at radius 2 is 1.92 bits per heavy atom. The van der Waals surface area contributed by atoms with Gasteiger partial charge in [0.2, 0.25) is 0 Å². The van der Waals surface area contributed by atoms with Crippen molar-refractivity contribution in [2.24, 2.45) is 0 Å². The Hall–Kier alpha value is -2.82. The highest BCUT2D eigenvalue weighted by Gasteiger charge is 2.25. The first-order valence-corrected chi connectivity index (χ1v) is 7.99. The minimum atomic E-state index is -0.365. The van der Waals surface area contributed by atoms with Gasteiger partial charge in [-0.1, -0.05) is 31.2 Å². The van der Waals surface area contributed by atoms with E-state index in [1.807, 2.05) is 30.3 Å². The highest BCUT2D eigenvalue weighted by molar-refractivity contribution is 5.98. The summed E-state index contributed by atoms with van der Waals surface area (Å²) in [4.78, 5) is 25.7. The Labute approximate surface area is 140 Å². The Bertz CT molecular complexity index is 739. The SMILES string of the molecule is CCc1ccc(OC(=O)CCN2C(=O)COc3ccccc32)cc1. The maximum absolute atomic E-state index is 12.0. The van der Waals surface area contributed by atoms with Crippen molar-refractivity contribution in [3.8, 4) is 11.5 Å². The smallest absolute Gasteiger partial charge is 0.312 e. The maximum atomic E-state index is 12.0. The van der Waals surface area contributed by atoms with Crippen LogP contribution in [0.5, 0.6) is 11.5 Å². The quantitative estimate of drug-likeness (QED) is 0.626. The summed E-state index contributed by atoms with van der Waals surface area (Å²) in [5.74, 6) is 0.649. The molecule has 0 fully saturated rings. The van der Waals surface area contributed by atoms with Crippen molar-refractivity contribution in [3.63, 3.8) is 0 Å². The van der Waals surface area contributed by atoms with Gasteiger partial charge in [0, 0.05) is 6.54 Å². The van der Waals surface area contributed by atoms with E-state index in [1.54, 1.807) is 23.1 Å². The predicted octanol–water partition coefficient (Wildman–Crippen LogP) is 2.97. The minimum absolute atomic E-state index is 0.00938. The lowest BCUT2D eigenvalue weighted by molar-refractivity contribution is -0.134. The van der Waals surface area contributed by atoms with Crippen LogP contribution in [0.4, 0.5) is 5.69 Å². The molecule has 0 aromatic heterocycles. The fraction of sp³-hybridized carbons (Fsp3) is 0.263. The molecule has 0 bridgehead atoms. The number of nitrogens with zero attached hydrogens (tertiary/aromatic N) is 1. The number of carbonyl (C=O) groups is 2. The number of fused-ring (bicyclic) bond motifs is 1. The number of aryl methyl sites for hydroxylation is 1. The van der Waals surface area contributed by atoms with Gasteiger partial charge in [0.1, 0.15) is 11.5 Å². The molecule has 0 unspecified atom stereocenters. The fourth-order valence-corrected chi connectivity index (χ4v) is 2.58. The fourth-order valence-electron chi connectivity index (χ4n) is 2.58. The molecule has 0 saturated carbocycles. The topological polar surface area (TPSA) is 55.8 Å². The molecule has 1 aliphatic heterocycles. The molecule has 24 heavy (non-hydrogen) atoms. The second-order valence-electron chi connectivity index (χ2n) is 5.52. The van der Waals surface area contributed by atoms with Crippen molar-refractivity contribution >= 4 is 17.6 Å². The highest BCUT2D eigenvalue weighted by atomic mass is 16.5. The standard InChI is InChI=1S/C19H19NO4/c1-2-14-7-9-15(10-8-14)24-19(22)11-12-20-16-5-3-4-6-17(16)23-13-18(20)21/h3-10H,2,11-13H2,1H3. The predicted molar refractivity (Wildman–Crippen MR) is 90.4 cm³/mol. The van der Waals surface area contributed by atoms with Crippen LogP contribution in [0.3, 0.4) is 0 Å². The first-order chi connectivity index (χ1) is 11.7. The molecule has 124 valence electrons. The number of hydrogen-bond acceptors (Lipinski definition) is 4. The van der Waals surface area contributed by atoms with Crippen LogP contribution in [0.15, 0.2) is 48.5 Å². The summed E-state index contributed by atoms with van der Waals surface area (Å²) in [5.41, 5.74) is 1.87. The summed E-state index contributed by atoms with van der Waals surface area (Å²) in [6.07, 6.45) is 1.06. The number of benzene rings is 2. The highest BCUT2D eigenvalue weighted by Crippen LogP contribution is 2.31. The molecule has 5 heteroatoms. The molecule has 0 spiro atoms. The van der Waals surface area contributed by atoms with E-state index >= 15 is 0 Å². The molecule has 0 aliphatic carbocycles. The van der Waals surface area contributed by atoms with E-state index in [4.69, 9.17) is 9.47 Å². The van der Waals surface area contributed by atoms with Crippen LogP contribution in [-0.2, 0) is 16.0 Å². The molecule has 3 rings (SSSR count). The number of carbonyl (C=O) groups excluding carboxylic acids is 2. The van der Waals surface area contributed by atoms with Gasteiger partial charge in [0.15, 0.2) is 6.61 Å². The molecule has 1 amide bonds. The van der Waals surface area contributed by atoms with E-state index in [9.17, 15) is 9.59 Å². The Balaban J connectivity index is 1.60. The third kappa shape index (κ3) is 3.56. The largest absolute Gasteiger partial charge is 0.482 e. The first kappa shape index (κ1) is 16.1. The lowest BCUT2D eigenvalue weighted by Gasteiger charge is -2.28. The Morgan fingerprint density at radius 3 is 2.67 bits per heavy atom. The number of esters is 1. The lowest BCUT2D eigenvalue weighted by Crippen LogP contribution is -2.40. The maximum Gasteiger partial charge on any atom is 0.312 e. The molecule has 0 N–H and O–H groups in total. The summed E-state index contributed by atoms with van der Waals surface area (Å²) in [7, 11) is 0. The van der Waals surface area contributed by atoms with Crippen LogP contribution in [0, 0.1) is 0 Å². The number of para-hydroxylation sites is 2. The zero-order valence-corrected chi connectivity index (χ0v) is 13.5. The number of rotatable bonds is 5. The molecular weight excluding hydrogens is 306 g/mol. The molecule has 0 saturated heterocycles. The molecule has 1 heterocycles. The molecular formula is C19H19NO4.